The van der Waals surface area contributed by atoms with Crippen LogP contribution in [0.15, 0.2) is 0 Å². The van der Waals surface area contributed by atoms with E-state index in [-0.39, 0.29) is 5.92 Å². The zero-order valence-electron chi connectivity index (χ0n) is 6.75. The van der Waals surface area contributed by atoms with Crippen molar-refractivity contribution >= 4 is 17.7 Å². The van der Waals surface area contributed by atoms with E-state index in [1.165, 1.54) is 12.8 Å². The van der Waals surface area contributed by atoms with Crippen LogP contribution in [0, 0.1) is 11.8 Å². The minimum absolute atomic E-state index is 0.182. The molecule has 0 bridgehead atoms. The summed E-state index contributed by atoms with van der Waals surface area (Å²) in [5.74, 6) is 1.98. The Hall–Kier alpha value is -0.180. The van der Waals surface area contributed by atoms with Gasteiger partial charge >= 0.3 is 5.97 Å². The van der Waals surface area contributed by atoms with Crippen LogP contribution in [0.5, 0.6) is 0 Å². The Bertz CT molecular complexity index is 143. The SMILES string of the molecule is CC(CSCC1CC1)C(=O)O. The van der Waals surface area contributed by atoms with Crippen molar-refractivity contribution in [2.24, 2.45) is 11.8 Å². The second kappa shape index (κ2) is 4.00. The fourth-order valence-corrected chi connectivity index (χ4v) is 2.07. The zero-order valence-corrected chi connectivity index (χ0v) is 7.56. The average Bonchev–Trinajstić information content (AvgIpc) is 2.71. The molecule has 1 N–H and O–H groups in total. The number of rotatable bonds is 5. The molecule has 0 spiro atoms. The van der Waals surface area contributed by atoms with Crippen LogP contribution >= 0.6 is 11.8 Å². The largest absolute Gasteiger partial charge is 0.481 e. The molecule has 1 aliphatic carbocycles. The lowest BCUT2D eigenvalue weighted by Gasteiger charge is -2.03. The van der Waals surface area contributed by atoms with Gasteiger partial charge in [-0.1, -0.05) is 6.92 Å². The van der Waals surface area contributed by atoms with Crippen molar-refractivity contribution in [2.45, 2.75) is 19.8 Å². The monoisotopic (exact) mass is 174 g/mol. The van der Waals surface area contributed by atoms with Crippen LogP contribution in [-0.4, -0.2) is 22.6 Å². The summed E-state index contributed by atoms with van der Waals surface area (Å²) in [4.78, 5) is 10.4. The molecular formula is C8H14O2S. The maximum Gasteiger partial charge on any atom is 0.307 e. The first-order valence-electron chi connectivity index (χ1n) is 4.00. The molecule has 1 atom stereocenters. The number of hydrogen-bond donors (Lipinski definition) is 1. The van der Waals surface area contributed by atoms with Gasteiger partial charge in [0.2, 0.25) is 0 Å². The fourth-order valence-electron chi connectivity index (χ4n) is 0.767. The number of hydrogen-bond acceptors (Lipinski definition) is 2. The highest BCUT2D eigenvalue weighted by Gasteiger charge is 2.21. The number of carboxylic acid groups (broad SMARTS) is 1. The molecule has 0 amide bonds. The smallest absolute Gasteiger partial charge is 0.307 e. The van der Waals surface area contributed by atoms with E-state index >= 15 is 0 Å². The van der Waals surface area contributed by atoms with E-state index in [1.807, 2.05) is 0 Å². The predicted molar refractivity (Wildman–Crippen MR) is 46.8 cm³/mol. The van der Waals surface area contributed by atoms with Crippen molar-refractivity contribution in [1.29, 1.82) is 0 Å². The van der Waals surface area contributed by atoms with Gasteiger partial charge in [-0.25, -0.2) is 0 Å². The molecule has 64 valence electrons. The Labute approximate surface area is 71.4 Å². The van der Waals surface area contributed by atoms with Gasteiger partial charge in [-0.2, -0.15) is 11.8 Å². The van der Waals surface area contributed by atoms with Crippen LogP contribution in [0.2, 0.25) is 0 Å². The van der Waals surface area contributed by atoms with Crippen LogP contribution in [-0.2, 0) is 4.79 Å². The molecule has 1 fully saturated rings. The van der Waals surface area contributed by atoms with Crippen molar-refractivity contribution in [3.8, 4) is 0 Å². The van der Waals surface area contributed by atoms with E-state index in [1.54, 1.807) is 18.7 Å². The quantitative estimate of drug-likeness (QED) is 0.691. The molecule has 1 unspecified atom stereocenters. The van der Waals surface area contributed by atoms with Gasteiger partial charge in [-0.05, 0) is 24.5 Å². The molecule has 0 heterocycles. The summed E-state index contributed by atoms with van der Waals surface area (Å²) in [6.45, 7) is 1.77. The molecule has 1 saturated carbocycles. The zero-order chi connectivity index (χ0) is 8.27. The summed E-state index contributed by atoms with van der Waals surface area (Å²) in [5, 5.41) is 8.55. The molecular weight excluding hydrogens is 160 g/mol. The van der Waals surface area contributed by atoms with Crippen LogP contribution in [0.3, 0.4) is 0 Å². The molecule has 0 saturated heterocycles. The van der Waals surface area contributed by atoms with Crippen molar-refractivity contribution in [2.75, 3.05) is 11.5 Å². The molecule has 0 aromatic carbocycles. The Morgan fingerprint density at radius 1 is 1.73 bits per heavy atom. The highest BCUT2D eigenvalue weighted by molar-refractivity contribution is 7.99. The van der Waals surface area contributed by atoms with Crippen LogP contribution in [0.1, 0.15) is 19.8 Å². The lowest BCUT2D eigenvalue weighted by Crippen LogP contribution is -2.12. The number of carboxylic acids is 1. The van der Waals surface area contributed by atoms with Crippen molar-refractivity contribution in [3.63, 3.8) is 0 Å². The molecule has 1 rings (SSSR count). The Morgan fingerprint density at radius 3 is 2.82 bits per heavy atom. The van der Waals surface area contributed by atoms with Crippen LogP contribution in [0.25, 0.3) is 0 Å². The van der Waals surface area contributed by atoms with E-state index < -0.39 is 5.97 Å². The number of thioether (sulfide) groups is 1. The van der Waals surface area contributed by atoms with Gasteiger partial charge in [0.05, 0.1) is 5.92 Å². The molecule has 0 aromatic rings. The van der Waals surface area contributed by atoms with Crippen molar-refractivity contribution in [3.05, 3.63) is 0 Å². The Kier molecular flexibility index (Phi) is 3.24. The topological polar surface area (TPSA) is 37.3 Å². The van der Waals surface area contributed by atoms with E-state index in [9.17, 15) is 4.79 Å². The Balaban J connectivity index is 1.96. The third-order valence-corrected chi connectivity index (χ3v) is 3.28. The molecule has 1 aliphatic rings. The van der Waals surface area contributed by atoms with E-state index in [4.69, 9.17) is 5.11 Å². The van der Waals surface area contributed by atoms with Gasteiger partial charge in [-0.15, -0.1) is 0 Å². The highest BCUT2D eigenvalue weighted by Crippen LogP contribution is 2.32. The summed E-state index contributed by atoms with van der Waals surface area (Å²) in [7, 11) is 0. The minimum atomic E-state index is -0.673. The molecule has 0 aromatic heterocycles. The van der Waals surface area contributed by atoms with Crippen molar-refractivity contribution in [1.82, 2.24) is 0 Å². The molecule has 3 heteroatoms. The highest BCUT2D eigenvalue weighted by atomic mass is 32.2. The summed E-state index contributed by atoms with van der Waals surface area (Å²) in [5.41, 5.74) is 0. The second-order valence-electron chi connectivity index (χ2n) is 3.22. The third kappa shape index (κ3) is 3.65. The van der Waals surface area contributed by atoms with E-state index in [2.05, 4.69) is 0 Å². The first-order chi connectivity index (χ1) is 5.20. The second-order valence-corrected chi connectivity index (χ2v) is 4.30. The molecule has 11 heavy (non-hydrogen) atoms. The summed E-state index contributed by atoms with van der Waals surface area (Å²) >= 11 is 1.78. The maximum atomic E-state index is 10.4. The normalized spacial score (nSPS) is 19.7. The number of carbonyl (C=O) groups is 1. The average molecular weight is 174 g/mol. The van der Waals surface area contributed by atoms with Gasteiger partial charge in [0.1, 0.15) is 0 Å². The predicted octanol–water partition coefficient (Wildman–Crippen LogP) is 1.85. The van der Waals surface area contributed by atoms with Crippen molar-refractivity contribution < 1.29 is 9.90 Å². The van der Waals surface area contributed by atoms with Gasteiger partial charge in [0.15, 0.2) is 0 Å². The number of aliphatic carboxylic acids is 1. The standard InChI is InChI=1S/C8H14O2S/c1-6(8(9)10)4-11-5-7-2-3-7/h6-7H,2-5H2,1H3,(H,9,10). The van der Waals surface area contributed by atoms with Crippen LogP contribution < -0.4 is 0 Å². The van der Waals surface area contributed by atoms with Gasteiger partial charge < -0.3 is 5.11 Å². The molecule has 2 nitrogen and oxygen atoms in total. The van der Waals surface area contributed by atoms with E-state index in [0.717, 1.165) is 17.4 Å². The van der Waals surface area contributed by atoms with Crippen LogP contribution in [0.4, 0.5) is 0 Å². The van der Waals surface area contributed by atoms with E-state index in [0.29, 0.717) is 0 Å². The molecule has 0 radical (unpaired) electrons. The fraction of sp³-hybridized carbons (Fsp3) is 0.875. The van der Waals surface area contributed by atoms with Gasteiger partial charge in [0, 0.05) is 5.75 Å². The van der Waals surface area contributed by atoms with Gasteiger partial charge in [0.25, 0.3) is 0 Å². The minimum Gasteiger partial charge on any atom is -0.481 e. The molecule has 0 aliphatic heterocycles. The van der Waals surface area contributed by atoms with Gasteiger partial charge in [-0.3, -0.25) is 4.79 Å². The first-order valence-corrected chi connectivity index (χ1v) is 5.16. The Morgan fingerprint density at radius 2 is 2.36 bits per heavy atom. The lowest BCUT2D eigenvalue weighted by atomic mass is 10.2. The third-order valence-electron chi connectivity index (χ3n) is 1.84. The summed E-state index contributed by atoms with van der Waals surface area (Å²) < 4.78 is 0. The summed E-state index contributed by atoms with van der Waals surface area (Å²) in [6, 6.07) is 0. The summed E-state index contributed by atoms with van der Waals surface area (Å²) in [6.07, 6.45) is 2.71. The maximum absolute atomic E-state index is 10.4. The first kappa shape index (κ1) is 8.91. The lowest BCUT2D eigenvalue weighted by molar-refractivity contribution is -0.140.